The van der Waals surface area contributed by atoms with Crippen LogP contribution in [0.25, 0.3) is 10.1 Å². The first kappa shape index (κ1) is 9.18. The molecule has 0 amide bonds. The quantitative estimate of drug-likeness (QED) is 0.741. The molecule has 2 N–H and O–H groups in total. The van der Waals surface area contributed by atoms with E-state index in [0.29, 0.717) is 10.4 Å². The van der Waals surface area contributed by atoms with Gasteiger partial charge in [-0.15, -0.1) is 11.3 Å². The first-order valence-electron chi connectivity index (χ1n) is 4.06. The molecule has 2 rings (SSSR count). The van der Waals surface area contributed by atoms with Crippen molar-refractivity contribution >= 4 is 27.7 Å². The van der Waals surface area contributed by atoms with E-state index in [1.807, 2.05) is 0 Å². The lowest BCUT2D eigenvalue weighted by Crippen LogP contribution is -1.82. The largest absolute Gasteiger partial charge is 0.508 e. The molecule has 0 bridgehead atoms. The lowest BCUT2D eigenvalue weighted by molar-refractivity contribution is 0.112. The highest BCUT2D eigenvalue weighted by Crippen LogP contribution is 2.30. The van der Waals surface area contributed by atoms with E-state index in [4.69, 9.17) is 5.11 Å². The number of phenols is 1. The molecule has 1 heterocycles. The molecule has 72 valence electrons. The van der Waals surface area contributed by atoms with Crippen molar-refractivity contribution in [2.24, 2.45) is 0 Å². The summed E-state index contributed by atoms with van der Waals surface area (Å²) in [6, 6.07) is 4.97. The van der Waals surface area contributed by atoms with Crippen LogP contribution in [-0.4, -0.2) is 16.5 Å². The van der Waals surface area contributed by atoms with Crippen molar-refractivity contribution in [3.05, 3.63) is 28.6 Å². The second-order valence-corrected chi connectivity index (χ2v) is 4.06. The Kier molecular flexibility index (Phi) is 2.23. The molecule has 0 aliphatic rings. The summed E-state index contributed by atoms with van der Waals surface area (Å²) in [5.41, 5.74) is 0.483. The molecule has 2 aromatic rings. The average Bonchev–Trinajstić information content (AvgIpc) is 2.58. The van der Waals surface area contributed by atoms with E-state index in [0.717, 1.165) is 16.4 Å². The Hall–Kier alpha value is -1.39. The highest BCUT2D eigenvalue weighted by molar-refractivity contribution is 7.20. The molecule has 0 fully saturated rings. The molecule has 0 radical (unpaired) electrons. The molecule has 0 saturated heterocycles. The van der Waals surface area contributed by atoms with Crippen LogP contribution in [0.4, 0.5) is 0 Å². The third-order valence-corrected chi connectivity index (χ3v) is 3.05. The van der Waals surface area contributed by atoms with Gasteiger partial charge in [-0.05, 0) is 23.6 Å². The number of hydrogen-bond acceptors (Lipinski definition) is 4. The van der Waals surface area contributed by atoms with Gasteiger partial charge in [0.25, 0.3) is 0 Å². The van der Waals surface area contributed by atoms with Crippen molar-refractivity contribution in [3.8, 4) is 5.75 Å². The highest BCUT2D eigenvalue weighted by Gasteiger charge is 2.06. The van der Waals surface area contributed by atoms with Gasteiger partial charge in [0.15, 0.2) is 6.29 Å². The Labute approximate surface area is 84.2 Å². The number of fused-ring (bicyclic) bond motifs is 1. The Bertz CT molecular complexity index is 487. The summed E-state index contributed by atoms with van der Waals surface area (Å²) in [4.78, 5) is 11.1. The smallest absolute Gasteiger partial charge is 0.160 e. The molecule has 14 heavy (non-hydrogen) atoms. The van der Waals surface area contributed by atoms with E-state index in [1.54, 1.807) is 18.2 Å². The summed E-state index contributed by atoms with van der Waals surface area (Å²) >= 11 is 1.35. The second-order valence-electron chi connectivity index (χ2n) is 2.94. The number of benzene rings is 1. The number of aliphatic hydroxyl groups is 1. The Morgan fingerprint density at radius 2 is 2.14 bits per heavy atom. The molecule has 0 aliphatic heterocycles. The first-order valence-corrected chi connectivity index (χ1v) is 4.87. The number of aliphatic hydroxyl groups excluding tert-OH is 1. The van der Waals surface area contributed by atoms with Crippen LogP contribution in [0, 0.1) is 0 Å². The fourth-order valence-electron chi connectivity index (χ4n) is 1.32. The van der Waals surface area contributed by atoms with Crippen molar-refractivity contribution in [2.75, 3.05) is 0 Å². The SMILES string of the molecule is O=Cc1cc2cc(O)c(CO)cc2s1. The Morgan fingerprint density at radius 3 is 2.79 bits per heavy atom. The lowest BCUT2D eigenvalue weighted by atomic mass is 10.1. The molecule has 1 aromatic heterocycles. The maximum absolute atomic E-state index is 10.5. The predicted octanol–water partition coefficient (Wildman–Crippen LogP) is 1.91. The van der Waals surface area contributed by atoms with E-state index in [9.17, 15) is 9.90 Å². The van der Waals surface area contributed by atoms with E-state index in [2.05, 4.69) is 0 Å². The predicted molar refractivity (Wildman–Crippen MR) is 54.8 cm³/mol. The van der Waals surface area contributed by atoms with E-state index < -0.39 is 0 Å². The number of carbonyl (C=O) groups is 1. The van der Waals surface area contributed by atoms with E-state index in [1.165, 1.54) is 11.3 Å². The number of aromatic hydroxyl groups is 1. The average molecular weight is 208 g/mol. The number of carbonyl (C=O) groups excluding carboxylic acids is 1. The van der Waals surface area contributed by atoms with Crippen molar-refractivity contribution in [1.82, 2.24) is 0 Å². The maximum Gasteiger partial charge on any atom is 0.160 e. The van der Waals surface area contributed by atoms with Gasteiger partial charge in [-0.1, -0.05) is 0 Å². The molecular weight excluding hydrogens is 200 g/mol. The summed E-state index contributed by atoms with van der Waals surface area (Å²) in [6.45, 7) is -0.198. The summed E-state index contributed by atoms with van der Waals surface area (Å²) in [6.07, 6.45) is 0.778. The molecule has 1 aromatic carbocycles. The van der Waals surface area contributed by atoms with Crippen molar-refractivity contribution in [1.29, 1.82) is 0 Å². The summed E-state index contributed by atoms with van der Waals surface area (Å²) in [5, 5.41) is 19.2. The normalized spacial score (nSPS) is 10.6. The van der Waals surface area contributed by atoms with Crippen LogP contribution in [0.5, 0.6) is 5.75 Å². The standard InChI is InChI=1S/C10H8O3S/c11-4-7-3-10-6(2-9(7)13)1-8(5-12)14-10/h1-3,5,11,13H,4H2. The van der Waals surface area contributed by atoms with Crippen LogP contribution < -0.4 is 0 Å². The number of aldehydes is 1. The minimum Gasteiger partial charge on any atom is -0.508 e. The van der Waals surface area contributed by atoms with Crippen molar-refractivity contribution < 1.29 is 15.0 Å². The molecule has 0 aliphatic carbocycles. The highest BCUT2D eigenvalue weighted by atomic mass is 32.1. The third kappa shape index (κ3) is 1.38. The van der Waals surface area contributed by atoms with E-state index in [-0.39, 0.29) is 12.4 Å². The zero-order valence-corrected chi connectivity index (χ0v) is 8.04. The topological polar surface area (TPSA) is 57.5 Å². The van der Waals surface area contributed by atoms with Gasteiger partial charge < -0.3 is 10.2 Å². The molecule has 0 unspecified atom stereocenters. The van der Waals surface area contributed by atoms with Crippen molar-refractivity contribution in [2.45, 2.75) is 6.61 Å². The van der Waals surface area contributed by atoms with Crippen LogP contribution >= 0.6 is 11.3 Å². The third-order valence-electron chi connectivity index (χ3n) is 2.02. The number of rotatable bonds is 2. The fraction of sp³-hybridized carbons (Fsp3) is 0.100. The van der Waals surface area contributed by atoms with Crippen LogP contribution in [0.1, 0.15) is 15.2 Å². The summed E-state index contributed by atoms with van der Waals surface area (Å²) in [5.74, 6) is 0.0650. The van der Waals surface area contributed by atoms with Gasteiger partial charge in [0.05, 0.1) is 11.5 Å². The minimum absolute atomic E-state index is 0.0650. The molecule has 0 spiro atoms. The van der Waals surface area contributed by atoms with E-state index >= 15 is 0 Å². The van der Waals surface area contributed by atoms with Gasteiger partial charge in [0, 0.05) is 10.3 Å². The zero-order valence-electron chi connectivity index (χ0n) is 7.23. The zero-order chi connectivity index (χ0) is 10.1. The van der Waals surface area contributed by atoms with Crippen LogP contribution in [0.3, 0.4) is 0 Å². The Balaban J connectivity index is 2.69. The van der Waals surface area contributed by atoms with Gasteiger partial charge in [0.1, 0.15) is 5.75 Å². The number of thiophene rings is 1. The lowest BCUT2D eigenvalue weighted by Gasteiger charge is -1.99. The minimum atomic E-state index is -0.198. The Morgan fingerprint density at radius 1 is 1.36 bits per heavy atom. The molecule has 0 saturated carbocycles. The molecule has 0 atom stereocenters. The van der Waals surface area contributed by atoms with Gasteiger partial charge in [-0.25, -0.2) is 0 Å². The van der Waals surface area contributed by atoms with Gasteiger partial charge in [-0.2, -0.15) is 0 Å². The van der Waals surface area contributed by atoms with Crippen LogP contribution in [0.2, 0.25) is 0 Å². The fourth-order valence-corrected chi connectivity index (χ4v) is 2.25. The number of hydrogen-bond donors (Lipinski definition) is 2. The second kappa shape index (κ2) is 3.40. The van der Waals surface area contributed by atoms with Crippen LogP contribution in [-0.2, 0) is 6.61 Å². The van der Waals surface area contributed by atoms with Gasteiger partial charge in [0.2, 0.25) is 0 Å². The molecular formula is C10H8O3S. The maximum atomic E-state index is 10.5. The molecule has 4 heteroatoms. The van der Waals surface area contributed by atoms with Gasteiger partial charge >= 0.3 is 0 Å². The first-order chi connectivity index (χ1) is 6.74. The monoisotopic (exact) mass is 208 g/mol. The van der Waals surface area contributed by atoms with Crippen LogP contribution in [0.15, 0.2) is 18.2 Å². The summed E-state index contributed by atoms with van der Waals surface area (Å²) in [7, 11) is 0. The van der Waals surface area contributed by atoms with Gasteiger partial charge in [-0.3, -0.25) is 4.79 Å². The molecule has 3 nitrogen and oxygen atoms in total. The van der Waals surface area contributed by atoms with Crippen molar-refractivity contribution in [3.63, 3.8) is 0 Å². The summed E-state index contributed by atoms with van der Waals surface area (Å²) < 4.78 is 0.897.